The highest BCUT2D eigenvalue weighted by Crippen LogP contribution is 2.34. The number of carbonyl (C=O) groups is 1. The fourth-order valence-electron chi connectivity index (χ4n) is 4.11. The van der Waals surface area contributed by atoms with E-state index in [9.17, 15) is 9.90 Å². The quantitative estimate of drug-likeness (QED) is 0.861. The van der Waals surface area contributed by atoms with Crippen molar-refractivity contribution < 1.29 is 19.4 Å². The number of amides is 1. The van der Waals surface area contributed by atoms with Gasteiger partial charge in [0.2, 0.25) is 0 Å². The molecule has 150 valence electrons. The zero-order valence-corrected chi connectivity index (χ0v) is 16.8. The van der Waals surface area contributed by atoms with Crippen LogP contribution in [0.1, 0.15) is 64.4 Å². The number of likely N-dealkylation sites (tertiary alicyclic amines) is 1. The smallest absolute Gasteiger partial charge is 0.410 e. The van der Waals surface area contributed by atoms with Gasteiger partial charge in [-0.25, -0.2) is 4.79 Å². The summed E-state index contributed by atoms with van der Waals surface area (Å²) in [5.41, 5.74) is 0.879. The minimum Gasteiger partial charge on any atom is -0.444 e. The van der Waals surface area contributed by atoms with Gasteiger partial charge in [0.25, 0.3) is 0 Å². The van der Waals surface area contributed by atoms with Gasteiger partial charge in [0.05, 0.1) is 24.9 Å². The summed E-state index contributed by atoms with van der Waals surface area (Å²) in [6.45, 7) is 6.46. The van der Waals surface area contributed by atoms with E-state index < -0.39 is 11.7 Å². The Hall–Kier alpha value is -1.59. The number of carbonyl (C=O) groups excluding carboxylic acids is 1. The number of hydrogen-bond acceptors (Lipinski definition) is 4. The lowest BCUT2D eigenvalue weighted by Gasteiger charge is -2.32. The third-order valence-electron chi connectivity index (χ3n) is 5.59. The molecule has 1 aliphatic carbocycles. The molecule has 1 aromatic rings. The number of aliphatic hydroxyl groups excluding tert-OH is 1. The molecule has 1 heterocycles. The lowest BCUT2D eigenvalue weighted by atomic mass is 9.83. The van der Waals surface area contributed by atoms with E-state index in [1.54, 1.807) is 4.90 Å². The third kappa shape index (κ3) is 5.45. The van der Waals surface area contributed by atoms with Crippen LogP contribution in [0.4, 0.5) is 4.79 Å². The van der Waals surface area contributed by atoms with Gasteiger partial charge in [-0.15, -0.1) is 0 Å². The average molecular weight is 376 g/mol. The summed E-state index contributed by atoms with van der Waals surface area (Å²) in [6.07, 6.45) is 4.17. The zero-order valence-electron chi connectivity index (χ0n) is 16.8. The molecule has 5 heteroatoms. The minimum absolute atomic E-state index is 0.207. The first-order valence-electron chi connectivity index (χ1n) is 10.2. The van der Waals surface area contributed by atoms with Crippen molar-refractivity contribution >= 4 is 6.09 Å². The van der Waals surface area contributed by atoms with Crippen molar-refractivity contribution in [2.75, 3.05) is 13.2 Å². The van der Waals surface area contributed by atoms with E-state index >= 15 is 0 Å². The fraction of sp³-hybridized carbons (Fsp3) is 0.682. The Morgan fingerprint density at radius 3 is 2.41 bits per heavy atom. The van der Waals surface area contributed by atoms with Crippen LogP contribution in [0, 0.1) is 0 Å². The Morgan fingerprint density at radius 2 is 1.78 bits per heavy atom. The molecule has 5 nitrogen and oxygen atoms in total. The molecule has 1 saturated carbocycles. The Bertz CT molecular complexity index is 604. The summed E-state index contributed by atoms with van der Waals surface area (Å²) in [5.74, 6) is 0.612. The Morgan fingerprint density at radius 1 is 1.11 bits per heavy atom. The molecule has 3 rings (SSSR count). The van der Waals surface area contributed by atoms with Crippen LogP contribution in [0.25, 0.3) is 0 Å². The predicted octanol–water partition coefficient (Wildman–Crippen LogP) is 4.10. The number of aliphatic hydroxyl groups is 1. The van der Waals surface area contributed by atoms with E-state index in [0.717, 1.165) is 25.7 Å². The molecule has 1 aromatic carbocycles. The molecule has 2 atom stereocenters. The van der Waals surface area contributed by atoms with Crippen molar-refractivity contribution in [1.82, 2.24) is 4.90 Å². The van der Waals surface area contributed by atoms with E-state index in [-0.39, 0.29) is 18.2 Å². The monoisotopic (exact) mass is 375 g/mol. The second kappa shape index (κ2) is 8.61. The highest BCUT2D eigenvalue weighted by atomic mass is 16.6. The van der Waals surface area contributed by atoms with Gasteiger partial charge in [0, 0.05) is 6.54 Å². The number of hydrogen-bond donors (Lipinski definition) is 1. The van der Waals surface area contributed by atoms with Crippen LogP contribution in [0.2, 0.25) is 0 Å². The van der Waals surface area contributed by atoms with Crippen LogP contribution in [-0.2, 0) is 9.47 Å². The average Bonchev–Trinajstić information content (AvgIpc) is 3.00. The molecule has 27 heavy (non-hydrogen) atoms. The lowest BCUT2D eigenvalue weighted by Crippen LogP contribution is -2.45. The summed E-state index contributed by atoms with van der Waals surface area (Å²) < 4.78 is 11.6. The van der Waals surface area contributed by atoms with E-state index in [1.165, 1.54) is 5.56 Å². The van der Waals surface area contributed by atoms with Crippen molar-refractivity contribution in [2.45, 2.75) is 82.6 Å². The molecule has 0 bridgehead atoms. The molecule has 2 fully saturated rings. The Balaban J connectivity index is 1.48. The molecule has 0 aromatic heterocycles. The SMILES string of the molecule is CC(C)(C)OC(=O)N1CC[C@@H](O)[C@@H]1CO[C@H]1CC[C@@H](c2ccccc2)CC1. The maximum atomic E-state index is 12.4. The van der Waals surface area contributed by atoms with E-state index in [2.05, 4.69) is 30.3 Å². The van der Waals surface area contributed by atoms with Gasteiger partial charge in [0.1, 0.15) is 5.60 Å². The van der Waals surface area contributed by atoms with Crippen LogP contribution < -0.4 is 0 Å². The van der Waals surface area contributed by atoms with Crippen LogP contribution in [0.15, 0.2) is 30.3 Å². The van der Waals surface area contributed by atoms with Crippen LogP contribution >= 0.6 is 0 Å². The number of ether oxygens (including phenoxy) is 2. The molecule has 1 saturated heterocycles. The maximum Gasteiger partial charge on any atom is 0.410 e. The maximum absolute atomic E-state index is 12.4. The summed E-state index contributed by atoms with van der Waals surface area (Å²) in [4.78, 5) is 14.0. The van der Waals surface area contributed by atoms with Gasteiger partial charge < -0.3 is 19.5 Å². The molecule has 1 amide bonds. The van der Waals surface area contributed by atoms with Gasteiger partial charge >= 0.3 is 6.09 Å². The summed E-state index contributed by atoms with van der Waals surface area (Å²) in [7, 11) is 0. The first-order chi connectivity index (χ1) is 12.8. The normalized spacial score (nSPS) is 29.0. The second-order valence-corrected chi connectivity index (χ2v) is 8.81. The topological polar surface area (TPSA) is 59.0 Å². The van der Waals surface area contributed by atoms with Gasteiger partial charge in [-0.3, -0.25) is 0 Å². The molecule has 0 unspecified atom stereocenters. The number of nitrogens with zero attached hydrogens (tertiary/aromatic N) is 1. The van der Waals surface area contributed by atoms with Gasteiger partial charge in [0.15, 0.2) is 0 Å². The minimum atomic E-state index is -0.543. The molecule has 1 N–H and O–H groups in total. The molecule has 2 aliphatic rings. The van der Waals surface area contributed by atoms with Crippen LogP contribution in [0.5, 0.6) is 0 Å². The molecular formula is C22H33NO4. The van der Waals surface area contributed by atoms with Crippen molar-refractivity contribution in [3.8, 4) is 0 Å². The standard InChI is InChI=1S/C22H33NO4/c1-22(2,3)27-21(25)23-14-13-20(24)19(23)15-26-18-11-9-17(10-12-18)16-7-5-4-6-8-16/h4-8,17-20,24H,9-15H2,1-3H3/t17-,18+,19-,20+/m0/s1. The highest BCUT2D eigenvalue weighted by molar-refractivity contribution is 5.69. The third-order valence-corrected chi connectivity index (χ3v) is 5.59. The van der Waals surface area contributed by atoms with Gasteiger partial charge in [-0.1, -0.05) is 30.3 Å². The summed E-state index contributed by atoms with van der Waals surface area (Å²) in [5, 5.41) is 10.3. The molecule has 1 aliphatic heterocycles. The van der Waals surface area contributed by atoms with Crippen LogP contribution in [0.3, 0.4) is 0 Å². The van der Waals surface area contributed by atoms with Crippen LogP contribution in [-0.4, -0.2) is 53.1 Å². The molecule has 0 spiro atoms. The fourth-order valence-corrected chi connectivity index (χ4v) is 4.11. The summed E-state index contributed by atoms with van der Waals surface area (Å²) in [6, 6.07) is 10.4. The first-order valence-corrected chi connectivity index (χ1v) is 10.2. The van der Waals surface area contributed by atoms with Crippen molar-refractivity contribution in [2.24, 2.45) is 0 Å². The van der Waals surface area contributed by atoms with Gasteiger partial charge in [-0.2, -0.15) is 0 Å². The molecule has 0 radical (unpaired) electrons. The van der Waals surface area contributed by atoms with E-state index in [1.807, 2.05) is 20.8 Å². The lowest BCUT2D eigenvalue weighted by molar-refractivity contribution is -0.0337. The first kappa shape index (κ1) is 20.2. The van der Waals surface area contributed by atoms with E-state index in [0.29, 0.717) is 25.5 Å². The largest absolute Gasteiger partial charge is 0.444 e. The Kier molecular flexibility index (Phi) is 6.43. The van der Waals surface area contributed by atoms with Crippen molar-refractivity contribution in [3.63, 3.8) is 0 Å². The van der Waals surface area contributed by atoms with Crippen molar-refractivity contribution in [1.29, 1.82) is 0 Å². The second-order valence-electron chi connectivity index (χ2n) is 8.81. The van der Waals surface area contributed by atoms with Gasteiger partial charge in [-0.05, 0) is 64.4 Å². The predicted molar refractivity (Wildman–Crippen MR) is 105 cm³/mol. The zero-order chi connectivity index (χ0) is 19.4. The summed E-state index contributed by atoms with van der Waals surface area (Å²) >= 11 is 0. The number of rotatable bonds is 4. The van der Waals surface area contributed by atoms with Crippen molar-refractivity contribution in [3.05, 3.63) is 35.9 Å². The molecular weight excluding hydrogens is 342 g/mol. The number of benzene rings is 1. The van der Waals surface area contributed by atoms with E-state index in [4.69, 9.17) is 9.47 Å². The highest BCUT2D eigenvalue weighted by Gasteiger charge is 2.39. The Labute approximate surface area is 162 Å².